The van der Waals surface area contributed by atoms with Gasteiger partial charge in [-0.1, -0.05) is 6.07 Å². The highest BCUT2D eigenvalue weighted by Crippen LogP contribution is 2.21. The molecule has 0 saturated heterocycles. The zero-order chi connectivity index (χ0) is 17.2. The van der Waals surface area contributed by atoms with Crippen molar-refractivity contribution >= 4 is 21.6 Å². The predicted octanol–water partition coefficient (Wildman–Crippen LogP) is 2.07. The van der Waals surface area contributed by atoms with Crippen LogP contribution in [0, 0.1) is 25.2 Å². The Balaban J connectivity index is 2.40. The molecule has 6 nitrogen and oxygen atoms in total. The zero-order valence-corrected chi connectivity index (χ0v) is 13.4. The monoisotopic (exact) mass is 329 g/mol. The van der Waals surface area contributed by atoms with Crippen molar-refractivity contribution in [1.29, 1.82) is 5.26 Å². The molecule has 2 aromatic rings. The summed E-state index contributed by atoms with van der Waals surface area (Å²) in [5.74, 6) is -0.479. The van der Waals surface area contributed by atoms with Gasteiger partial charge in [-0.15, -0.1) is 0 Å². The number of primary sulfonamides is 1. The number of nitrogens with one attached hydrogen (secondary N) is 1. The standard InChI is InChI=1S/C16H15N3O3S/c1-10-6-13(8-15(11(10)2)23(18,21)22)16(20)19-14-5-3-4-12(7-14)9-17/h3-8H,1-2H3,(H,19,20)(H2,18,21,22). The molecule has 0 aliphatic rings. The average Bonchev–Trinajstić information content (AvgIpc) is 2.48. The number of rotatable bonds is 3. The van der Waals surface area contributed by atoms with Gasteiger partial charge in [0.25, 0.3) is 5.91 Å². The van der Waals surface area contributed by atoms with E-state index < -0.39 is 15.9 Å². The number of nitrogens with zero attached hydrogens (tertiary/aromatic N) is 1. The molecule has 0 spiro atoms. The van der Waals surface area contributed by atoms with E-state index in [1.54, 1.807) is 38.1 Å². The fraction of sp³-hybridized carbons (Fsp3) is 0.125. The molecule has 0 bridgehead atoms. The van der Waals surface area contributed by atoms with E-state index in [4.69, 9.17) is 10.4 Å². The lowest BCUT2D eigenvalue weighted by Crippen LogP contribution is -2.17. The molecule has 3 N–H and O–H groups in total. The van der Waals surface area contributed by atoms with Gasteiger partial charge in [0.05, 0.1) is 16.5 Å². The Kier molecular flexibility index (Phi) is 4.50. The molecule has 0 saturated carbocycles. The molecular weight excluding hydrogens is 314 g/mol. The van der Waals surface area contributed by atoms with Gasteiger partial charge in [0.2, 0.25) is 10.0 Å². The van der Waals surface area contributed by atoms with Gasteiger partial charge in [-0.25, -0.2) is 13.6 Å². The maximum Gasteiger partial charge on any atom is 0.255 e. The molecule has 0 atom stereocenters. The molecular formula is C16H15N3O3S. The SMILES string of the molecule is Cc1cc(C(=O)Nc2cccc(C#N)c2)cc(S(N)(=O)=O)c1C. The summed E-state index contributed by atoms with van der Waals surface area (Å²) in [5, 5.41) is 16.7. The van der Waals surface area contributed by atoms with Crippen molar-refractivity contribution in [1.82, 2.24) is 0 Å². The molecule has 23 heavy (non-hydrogen) atoms. The second kappa shape index (κ2) is 6.20. The molecule has 118 valence electrons. The highest BCUT2D eigenvalue weighted by atomic mass is 32.2. The van der Waals surface area contributed by atoms with Crippen molar-refractivity contribution in [2.75, 3.05) is 5.32 Å². The summed E-state index contributed by atoms with van der Waals surface area (Å²) in [6, 6.07) is 11.2. The smallest absolute Gasteiger partial charge is 0.255 e. The number of hydrogen-bond donors (Lipinski definition) is 2. The lowest BCUT2D eigenvalue weighted by atomic mass is 10.1. The van der Waals surface area contributed by atoms with Crippen molar-refractivity contribution in [3.8, 4) is 6.07 Å². The Labute approximate surface area is 134 Å². The average molecular weight is 329 g/mol. The van der Waals surface area contributed by atoms with Crippen LogP contribution in [-0.2, 0) is 10.0 Å². The third-order valence-electron chi connectivity index (χ3n) is 3.44. The third-order valence-corrected chi connectivity index (χ3v) is 4.48. The Morgan fingerprint density at radius 2 is 1.91 bits per heavy atom. The minimum atomic E-state index is -3.92. The summed E-state index contributed by atoms with van der Waals surface area (Å²) >= 11 is 0. The highest BCUT2D eigenvalue weighted by molar-refractivity contribution is 7.89. The van der Waals surface area contributed by atoms with Crippen LogP contribution in [0.2, 0.25) is 0 Å². The van der Waals surface area contributed by atoms with Gasteiger partial charge in [-0.3, -0.25) is 4.79 Å². The van der Waals surface area contributed by atoms with Crippen LogP contribution >= 0.6 is 0 Å². The van der Waals surface area contributed by atoms with Crippen LogP contribution in [0.4, 0.5) is 5.69 Å². The van der Waals surface area contributed by atoms with Crippen molar-refractivity contribution in [3.05, 3.63) is 58.7 Å². The first-order valence-corrected chi connectivity index (χ1v) is 8.22. The molecule has 0 aliphatic carbocycles. The highest BCUT2D eigenvalue weighted by Gasteiger charge is 2.17. The second-order valence-corrected chi connectivity index (χ2v) is 6.64. The van der Waals surface area contributed by atoms with E-state index in [9.17, 15) is 13.2 Å². The van der Waals surface area contributed by atoms with Gasteiger partial charge in [0.15, 0.2) is 0 Å². The van der Waals surface area contributed by atoms with Gasteiger partial charge >= 0.3 is 0 Å². The summed E-state index contributed by atoms with van der Waals surface area (Å²) in [7, 11) is -3.92. The normalized spacial score (nSPS) is 10.9. The van der Waals surface area contributed by atoms with Gasteiger partial charge in [0.1, 0.15) is 0 Å². The van der Waals surface area contributed by atoms with Crippen molar-refractivity contribution in [2.24, 2.45) is 5.14 Å². The summed E-state index contributed by atoms with van der Waals surface area (Å²) in [6.45, 7) is 3.34. The summed E-state index contributed by atoms with van der Waals surface area (Å²) in [5.41, 5.74) is 2.19. The predicted molar refractivity (Wildman–Crippen MR) is 86.4 cm³/mol. The number of benzene rings is 2. The van der Waals surface area contributed by atoms with Crippen LogP contribution in [-0.4, -0.2) is 14.3 Å². The molecule has 2 rings (SSSR count). The number of amides is 1. The van der Waals surface area contributed by atoms with Crippen LogP contribution in [0.5, 0.6) is 0 Å². The van der Waals surface area contributed by atoms with E-state index in [1.165, 1.54) is 12.1 Å². The summed E-state index contributed by atoms with van der Waals surface area (Å²) in [6.07, 6.45) is 0. The second-order valence-electron chi connectivity index (χ2n) is 5.11. The Morgan fingerprint density at radius 1 is 1.22 bits per heavy atom. The van der Waals surface area contributed by atoms with E-state index in [1.807, 2.05) is 6.07 Å². The Bertz CT molecular complexity index is 928. The number of sulfonamides is 1. The van der Waals surface area contributed by atoms with E-state index in [0.717, 1.165) is 0 Å². The Hall–Kier alpha value is -2.69. The van der Waals surface area contributed by atoms with E-state index in [0.29, 0.717) is 22.4 Å². The number of nitriles is 1. The Morgan fingerprint density at radius 3 is 2.52 bits per heavy atom. The summed E-state index contributed by atoms with van der Waals surface area (Å²) in [4.78, 5) is 12.3. The number of aryl methyl sites for hydroxylation is 1. The van der Waals surface area contributed by atoms with Crippen molar-refractivity contribution < 1.29 is 13.2 Å². The fourth-order valence-electron chi connectivity index (χ4n) is 2.12. The van der Waals surface area contributed by atoms with Crippen molar-refractivity contribution in [2.45, 2.75) is 18.7 Å². The van der Waals surface area contributed by atoms with Gasteiger partial charge in [0, 0.05) is 11.3 Å². The molecule has 1 amide bonds. The molecule has 0 fully saturated rings. The number of anilines is 1. The fourth-order valence-corrected chi connectivity index (χ4v) is 3.00. The van der Waals surface area contributed by atoms with Crippen LogP contribution < -0.4 is 10.5 Å². The van der Waals surface area contributed by atoms with Gasteiger partial charge < -0.3 is 5.32 Å². The quantitative estimate of drug-likeness (QED) is 0.897. The molecule has 0 radical (unpaired) electrons. The minimum absolute atomic E-state index is 0.0755. The molecule has 2 aromatic carbocycles. The van der Waals surface area contributed by atoms with Crippen LogP contribution in [0.15, 0.2) is 41.3 Å². The lowest BCUT2D eigenvalue weighted by Gasteiger charge is -2.11. The van der Waals surface area contributed by atoms with Crippen LogP contribution in [0.25, 0.3) is 0 Å². The van der Waals surface area contributed by atoms with Crippen LogP contribution in [0.1, 0.15) is 27.0 Å². The molecule has 0 aliphatic heterocycles. The number of carbonyl (C=O) groups excluding carboxylic acids is 1. The largest absolute Gasteiger partial charge is 0.322 e. The maximum atomic E-state index is 12.3. The molecule has 0 aromatic heterocycles. The topological polar surface area (TPSA) is 113 Å². The lowest BCUT2D eigenvalue weighted by molar-refractivity contribution is 0.102. The van der Waals surface area contributed by atoms with E-state index in [-0.39, 0.29) is 10.5 Å². The number of carbonyl (C=O) groups is 1. The van der Waals surface area contributed by atoms with Gasteiger partial charge in [-0.05, 0) is 55.3 Å². The first kappa shape index (κ1) is 16.7. The van der Waals surface area contributed by atoms with E-state index >= 15 is 0 Å². The van der Waals surface area contributed by atoms with Crippen molar-refractivity contribution in [3.63, 3.8) is 0 Å². The maximum absolute atomic E-state index is 12.3. The summed E-state index contributed by atoms with van der Waals surface area (Å²) < 4.78 is 23.3. The van der Waals surface area contributed by atoms with Gasteiger partial charge in [-0.2, -0.15) is 5.26 Å². The van der Waals surface area contributed by atoms with Crippen LogP contribution in [0.3, 0.4) is 0 Å². The third kappa shape index (κ3) is 3.74. The molecule has 0 unspecified atom stereocenters. The van der Waals surface area contributed by atoms with E-state index in [2.05, 4.69) is 5.32 Å². The molecule has 7 heteroatoms. The molecule has 0 heterocycles. The minimum Gasteiger partial charge on any atom is -0.322 e. The number of nitrogens with two attached hydrogens (primary N) is 1. The number of hydrogen-bond acceptors (Lipinski definition) is 4. The zero-order valence-electron chi connectivity index (χ0n) is 12.6. The first-order valence-electron chi connectivity index (χ1n) is 6.68. The first-order chi connectivity index (χ1) is 10.7.